The van der Waals surface area contributed by atoms with Crippen molar-refractivity contribution in [1.82, 2.24) is 0 Å². The van der Waals surface area contributed by atoms with Gasteiger partial charge in [0.2, 0.25) is 0 Å². The van der Waals surface area contributed by atoms with Crippen LogP contribution in [-0.4, -0.2) is 13.1 Å². The summed E-state index contributed by atoms with van der Waals surface area (Å²) in [6, 6.07) is 14.6. The maximum absolute atomic E-state index is 13.0. The summed E-state index contributed by atoms with van der Waals surface area (Å²) < 4.78 is 13.0. The Labute approximate surface area is 125 Å². The first-order valence-electron chi connectivity index (χ1n) is 7.02. The highest BCUT2D eigenvalue weighted by Crippen LogP contribution is 2.19. The van der Waals surface area contributed by atoms with Gasteiger partial charge in [0.15, 0.2) is 0 Å². The van der Waals surface area contributed by atoms with Gasteiger partial charge in [-0.15, -0.1) is 0 Å². The minimum Gasteiger partial charge on any atom is -0.367 e. The van der Waals surface area contributed by atoms with Crippen LogP contribution in [0.3, 0.4) is 0 Å². The van der Waals surface area contributed by atoms with E-state index in [2.05, 4.69) is 29.7 Å². The zero-order valence-electron chi connectivity index (χ0n) is 12.1. The molecule has 0 radical (unpaired) electrons. The van der Waals surface area contributed by atoms with Crippen LogP contribution in [0.25, 0.3) is 0 Å². The smallest absolute Gasteiger partial charge is 0.123 e. The SMILES string of the molecule is CCN(Cc1ccccc1C#CCN)c1ccc(F)cc1. The molecule has 0 bridgehead atoms. The Morgan fingerprint density at radius 3 is 2.48 bits per heavy atom. The van der Waals surface area contributed by atoms with Gasteiger partial charge in [-0.3, -0.25) is 0 Å². The van der Waals surface area contributed by atoms with Crippen molar-refractivity contribution < 1.29 is 4.39 Å². The molecule has 0 spiro atoms. The average Bonchev–Trinajstić information content (AvgIpc) is 2.52. The van der Waals surface area contributed by atoms with Crippen molar-refractivity contribution in [2.24, 2.45) is 5.73 Å². The molecule has 2 rings (SSSR count). The average molecular weight is 282 g/mol. The molecule has 21 heavy (non-hydrogen) atoms. The summed E-state index contributed by atoms with van der Waals surface area (Å²) in [5, 5.41) is 0. The van der Waals surface area contributed by atoms with Crippen LogP contribution in [0.5, 0.6) is 0 Å². The summed E-state index contributed by atoms with van der Waals surface area (Å²) in [4.78, 5) is 2.18. The van der Waals surface area contributed by atoms with E-state index < -0.39 is 0 Å². The fourth-order valence-electron chi connectivity index (χ4n) is 2.17. The van der Waals surface area contributed by atoms with Crippen molar-refractivity contribution >= 4 is 5.69 Å². The maximum atomic E-state index is 13.0. The van der Waals surface area contributed by atoms with Crippen LogP contribution in [-0.2, 0) is 6.54 Å². The molecule has 2 aromatic carbocycles. The number of hydrogen-bond donors (Lipinski definition) is 1. The van der Waals surface area contributed by atoms with Crippen LogP contribution in [0.4, 0.5) is 10.1 Å². The topological polar surface area (TPSA) is 29.3 Å². The quantitative estimate of drug-likeness (QED) is 0.873. The second-order valence-electron chi connectivity index (χ2n) is 4.65. The highest BCUT2D eigenvalue weighted by molar-refractivity contribution is 5.49. The van der Waals surface area contributed by atoms with Crippen LogP contribution >= 0.6 is 0 Å². The predicted molar refractivity (Wildman–Crippen MR) is 85.5 cm³/mol. The van der Waals surface area contributed by atoms with E-state index in [1.165, 1.54) is 12.1 Å². The lowest BCUT2D eigenvalue weighted by Gasteiger charge is -2.23. The van der Waals surface area contributed by atoms with Gasteiger partial charge in [-0.2, -0.15) is 0 Å². The van der Waals surface area contributed by atoms with E-state index in [0.717, 1.165) is 29.9 Å². The molecule has 0 aromatic heterocycles. The van der Waals surface area contributed by atoms with Gasteiger partial charge in [-0.25, -0.2) is 4.39 Å². The molecular weight excluding hydrogens is 263 g/mol. The van der Waals surface area contributed by atoms with Gasteiger partial charge in [0.1, 0.15) is 5.82 Å². The number of nitrogens with zero attached hydrogens (tertiary/aromatic N) is 1. The maximum Gasteiger partial charge on any atom is 0.123 e. The molecule has 2 N–H and O–H groups in total. The van der Waals surface area contributed by atoms with Crippen molar-refractivity contribution in [3.63, 3.8) is 0 Å². The molecule has 2 nitrogen and oxygen atoms in total. The summed E-state index contributed by atoms with van der Waals surface area (Å²) in [5.74, 6) is 5.78. The minimum atomic E-state index is -0.219. The Kier molecular flexibility index (Phi) is 5.36. The normalized spacial score (nSPS) is 9.86. The molecule has 2 aromatic rings. The van der Waals surface area contributed by atoms with Gasteiger partial charge in [0.05, 0.1) is 6.54 Å². The number of rotatable bonds is 4. The molecule has 0 atom stereocenters. The van der Waals surface area contributed by atoms with E-state index in [-0.39, 0.29) is 5.82 Å². The van der Waals surface area contributed by atoms with Crippen molar-refractivity contribution in [1.29, 1.82) is 0 Å². The first kappa shape index (κ1) is 15.1. The standard InChI is InChI=1S/C18H19FN2/c1-2-21(18-11-9-17(19)10-12-18)14-16-7-4-3-6-15(16)8-5-13-20/h3-4,6-7,9-12H,2,13-14,20H2,1H3. The van der Waals surface area contributed by atoms with Crippen LogP contribution in [0, 0.1) is 17.7 Å². The molecule has 0 amide bonds. The molecule has 0 heterocycles. The fraction of sp³-hybridized carbons (Fsp3) is 0.222. The summed E-state index contributed by atoms with van der Waals surface area (Å²) in [6.45, 7) is 4.00. The predicted octanol–water partition coefficient (Wildman–Crippen LogP) is 3.16. The second-order valence-corrected chi connectivity index (χ2v) is 4.65. The van der Waals surface area contributed by atoms with Crippen molar-refractivity contribution in [2.45, 2.75) is 13.5 Å². The van der Waals surface area contributed by atoms with Gasteiger partial charge in [-0.05, 0) is 42.8 Å². The van der Waals surface area contributed by atoms with E-state index in [0.29, 0.717) is 6.54 Å². The molecule has 0 aliphatic heterocycles. The lowest BCUT2D eigenvalue weighted by molar-refractivity contribution is 0.627. The van der Waals surface area contributed by atoms with Crippen molar-refractivity contribution in [2.75, 3.05) is 18.0 Å². The fourth-order valence-corrected chi connectivity index (χ4v) is 2.17. The third kappa shape index (κ3) is 4.08. The van der Waals surface area contributed by atoms with Crippen LogP contribution in [0.1, 0.15) is 18.1 Å². The van der Waals surface area contributed by atoms with Crippen LogP contribution < -0.4 is 10.6 Å². The zero-order valence-corrected chi connectivity index (χ0v) is 12.1. The molecule has 0 aliphatic carbocycles. The molecule has 108 valence electrons. The number of nitrogens with two attached hydrogens (primary N) is 1. The highest BCUT2D eigenvalue weighted by Gasteiger charge is 2.07. The summed E-state index contributed by atoms with van der Waals surface area (Å²) in [5.41, 5.74) is 8.57. The van der Waals surface area contributed by atoms with E-state index >= 15 is 0 Å². The van der Waals surface area contributed by atoms with Crippen LogP contribution in [0.15, 0.2) is 48.5 Å². The molecule has 0 aliphatic rings. The van der Waals surface area contributed by atoms with Gasteiger partial charge in [-0.1, -0.05) is 30.0 Å². The van der Waals surface area contributed by atoms with Gasteiger partial charge < -0.3 is 10.6 Å². The Bertz CT molecular complexity index is 638. The first-order valence-corrected chi connectivity index (χ1v) is 7.02. The van der Waals surface area contributed by atoms with E-state index in [1.807, 2.05) is 18.2 Å². The molecular formula is C18H19FN2. The number of halogens is 1. The summed E-state index contributed by atoms with van der Waals surface area (Å²) >= 11 is 0. The molecule has 0 fully saturated rings. The Morgan fingerprint density at radius 1 is 1.10 bits per heavy atom. The van der Waals surface area contributed by atoms with Crippen molar-refractivity contribution in [3.05, 3.63) is 65.5 Å². The largest absolute Gasteiger partial charge is 0.367 e. The molecule has 3 heteroatoms. The third-order valence-electron chi connectivity index (χ3n) is 3.28. The molecule has 0 unspecified atom stereocenters. The van der Waals surface area contributed by atoms with E-state index in [4.69, 9.17) is 5.73 Å². The van der Waals surface area contributed by atoms with Crippen molar-refractivity contribution in [3.8, 4) is 11.8 Å². The monoisotopic (exact) mass is 282 g/mol. The second kappa shape index (κ2) is 7.47. The van der Waals surface area contributed by atoms with E-state index in [9.17, 15) is 4.39 Å². The third-order valence-corrected chi connectivity index (χ3v) is 3.28. The van der Waals surface area contributed by atoms with E-state index in [1.54, 1.807) is 12.1 Å². The summed E-state index contributed by atoms with van der Waals surface area (Å²) in [6.07, 6.45) is 0. The van der Waals surface area contributed by atoms with Crippen LogP contribution in [0.2, 0.25) is 0 Å². The number of anilines is 1. The van der Waals surface area contributed by atoms with Gasteiger partial charge in [0, 0.05) is 24.3 Å². The molecule has 0 saturated heterocycles. The number of hydrogen-bond acceptors (Lipinski definition) is 2. The first-order chi connectivity index (χ1) is 10.2. The Hall–Kier alpha value is -2.31. The minimum absolute atomic E-state index is 0.219. The molecule has 0 saturated carbocycles. The lowest BCUT2D eigenvalue weighted by atomic mass is 10.1. The Morgan fingerprint density at radius 2 is 1.81 bits per heavy atom. The zero-order chi connectivity index (χ0) is 15.1. The highest BCUT2D eigenvalue weighted by atomic mass is 19.1. The number of benzene rings is 2. The summed E-state index contributed by atoms with van der Waals surface area (Å²) in [7, 11) is 0. The van der Waals surface area contributed by atoms with Gasteiger partial charge in [0.25, 0.3) is 0 Å². The lowest BCUT2D eigenvalue weighted by Crippen LogP contribution is -2.22. The van der Waals surface area contributed by atoms with Gasteiger partial charge >= 0.3 is 0 Å². The Balaban J connectivity index is 2.24.